The molecule has 3 rings (SSSR count). The Morgan fingerprint density at radius 3 is 2.21 bits per heavy atom. The molecule has 1 aliphatic rings. The van der Waals surface area contributed by atoms with Crippen LogP contribution in [0.5, 0.6) is 0 Å². The van der Waals surface area contributed by atoms with E-state index in [0.29, 0.717) is 5.47 Å². The molecule has 0 fully saturated rings. The van der Waals surface area contributed by atoms with Crippen molar-refractivity contribution in [3.8, 4) is 0 Å². The van der Waals surface area contributed by atoms with Gasteiger partial charge in [-0.15, -0.1) is 0 Å². The van der Waals surface area contributed by atoms with Gasteiger partial charge in [0, 0.05) is 0 Å². The molecule has 0 aliphatic heterocycles. The van der Waals surface area contributed by atoms with Crippen LogP contribution >= 0.6 is 0 Å². The molecule has 2 N–H and O–H groups in total. The van der Waals surface area contributed by atoms with Crippen molar-refractivity contribution in [2.75, 3.05) is 0 Å². The Bertz CT molecular complexity index is 893. The van der Waals surface area contributed by atoms with Gasteiger partial charge in [-0.05, 0) is 52.4 Å². The molecule has 2 aromatic carbocycles. The molecule has 2 nitrogen and oxygen atoms in total. The first-order valence-electron chi connectivity index (χ1n) is 8.26. The van der Waals surface area contributed by atoms with Crippen molar-refractivity contribution in [1.82, 2.24) is 0 Å². The van der Waals surface area contributed by atoms with Gasteiger partial charge in [-0.1, -0.05) is 72.8 Å². The predicted molar refractivity (Wildman–Crippen MR) is 100 cm³/mol. The van der Waals surface area contributed by atoms with Crippen molar-refractivity contribution in [2.24, 2.45) is 0 Å². The van der Waals surface area contributed by atoms with Gasteiger partial charge >= 0.3 is 7.12 Å². The first-order chi connectivity index (χ1) is 11.7. The highest BCUT2D eigenvalue weighted by Crippen LogP contribution is 2.21. The van der Waals surface area contributed by atoms with Crippen LogP contribution in [0.3, 0.4) is 0 Å². The molecule has 1 aliphatic carbocycles. The first-order valence-corrected chi connectivity index (χ1v) is 8.26. The molecule has 0 heterocycles. The standard InChI is InChI=1S/C21H21BO2/c1-16(17-10-4-2-5-11-17)19-14-8-9-15-20(19)21(22(23)24)18-12-6-3-7-13-18/h2-6,8-12,14-15,23-24H,7,13H2,1H3/b19-16+,21-20+. The van der Waals surface area contributed by atoms with E-state index < -0.39 is 7.12 Å². The largest absolute Gasteiger partial charge is 0.489 e. The van der Waals surface area contributed by atoms with E-state index in [2.05, 4.69) is 25.1 Å². The maximum atomic E-state index is 10.0. The number of rotatable bonds is 3. The Kier molecular flexibility index (Phi) is 5.14. The zero-order valence-electron chi connectivity index (χ0n) is 13.8. The van der Waals surface area contributed by atoms with Gasteiger partial charge in [0.1, 0.15) is 0 Å². The maximum absolute atomic E-state index is 10.0. The molecule has 120 valence electrons. The molecule has 24 heavy (non-hydrogen) atoms. The minimum Gasteiger partial charge on any atom is -0.423 e. The molecule has 0 spiro atoms. The van der Waals surface area contributed by atoms with Crippen LogP contribution in [0, 0.1) is 0 Å². The maximum Gasteiger partial charge on any atom is 0.489 e. The average molecular weight is 316 g/mol. The van der Waals surface area contributed by atoms with E-state index in [-0.39, 0.29) is 0 Å². The minimum atomic E-state index is -1.49. The predicted octanol–water partition coefficient (Wildman–Crippen LogP) is 2.34. The van der Waals surface area contributed by atoms with E-state index >= 15 is 0 Å². The second-order valence-electron chi connectivity index (χ2n) is 5.98. The molecular weight excluding hydrogens is 295 g/mol. The minimum absolute atomic E-state index is 0.602. The Morgan fingerprint density at radius 2 is 1.58 bits per heavy atom. The fourth-order valence-electron chi connectivity index (χ4n) is 3.19. The Labute approximate surface area is 142 Å². The van der Waals surface area contributed by atoms with Crippen molar-refractivity contribution in [3.63, 3.8) is 0 Å². The lowest BCUT2D eigenvalue weighted by atomic mass is 9.71. The molecule has 0 amide bonds. The summed E-state index contributed by atoms with van der Waals surface area (Å²) in [5.74, 6) is 0. The summed E-state index contributed by atoms with van der Waals surface area (Å²) in [5.41, 5.74) is 3.84. The van der Waals surface area contributed by atoms with Crippen LogP contribution in [0.4, 0.5) is 0 Å². The van der Waals surface area contributed by atoms with Crippen molar-refractivity contribution in [1.29, 1.82) is 0 Å². The highest BCUT2D eigenvalue weighted by molar-refractivity contribution is 6.65. The summed E-state index contributed by atoms with van der Waals surface area (Å²) >= 11 is 0. The van der Waals surface area contributed by atoms with E-state index in [4.69, 9.17) is 0 Å². The van der Waals surface area contributed by atoms with Crippen LogP contribution in [0.15, 0.2) is 78.4 Å². The van der Waals surface area contributed by atoms with Gasteiger partial charge in [-0.25, -0.2) is 0 Å². The molecule has 0 bridgehead atoms. The number of allylic oxidation sites excluding steroid dienone is 4. The zero-order valence-corrected chi connectivity index (χ0v) is 13.8. The second kappa shape index (κ2) is 7.48. The Balaban J connectivity index is 2.36. The molecular formula is C21H21BO2. The first kappa shape index (κ1) is 16.5. The van der Waals surface area contributed by atoms with E-state index in [1.54, 1.807) is 0 Å². The number of benzene rings is 2. The van der Waals surface area contributed by atoms with Gasteiger partial charge in [0.05, 0.1) is 0 Å². The summed E-state index contributed by atoms with van der Waals surface area (Å²) < 4.78 is 0. The number of hydrogen-bond acceptors (Lipinski definition) is 2. The van der Waals surface area contributed by atoms with Gasteiger partial charge in [0.2, 0.25) is 0 Å². The fourth-order valence-corrected chi connectivity index (χ4v) is 3.19. The molecule has 0 atom stereocenters. The van der Waals surface area contributed by atoms with Crippen LogP contribution < -0.4 is 10.4 Å². The lowest BCUT2D eigenvalue weighted by molar-refractivity contribution is 0.426. The van der Waals surface area contributed by atoms with Crippen molar-refractivity contribution in [3.05, 3.63) is 94.4 Å². The van der Waals surface area contributed by atoms with E-state index in [1.165, 1.54) is 0 Å². The van der Waals surface area contributed by atoms with Gasteiger partial charge in [-0.2, -0.15) is 0 Å². The second-order valence-corrected chi connectivity index (χ2v) is 5.98. The zero-order chi connectivity index (χ0) is 16.9. The van der Waals surface area contributed by atoms with Crippen molar-refractivity contribution in [2.45, 2.75) is 19.8 Å². The van der Waals surface area contributed by atoms with E-state index in [0.717, 1.165) is 40.0 Å². The topological polar surface area (TPSA) is 40.5 Å². The molecule has 0 saturated heterocycles. The van der Waals surface area contributed by atoms with Gasteiger partial charge in [0.25, 0.3) is 0 Å². The summed E-state index contributed by atoms with van der Waals surface area (Å²) in [6, 6.07) is 18.1. The summed E-state index contributed by atoms with van der Waals surface area (Å²) in [6.45, 7) is 2.07. The average Bonchev–Trinajstić information content (AvgIpc) is 2.63. The Morgan fingerprint density at radius 1 is 0.917 bits per heavy atom. The summed E-state index contributed by atoms with van der Waals surface area (Å²) in [5, 5.41) is 22.0. The summed E-state index contributed by atoms with van der Waals surface area (Å²) in [7, 11) is -1.49. The van der Waals surface area contributed by atoms with Crippen LogP contribution in [0.2, 0.25) is 0 Å². The molecule has 0 unspecified atom stereocenters. The van der Waals surface area contributed by atoms with Crippen molar-refractivity contribution < 1.29 is 10.0 Å². The third-order valence-electron chi connectivity index (χ3n) is 4.45. The van der Waals surface area contributed by atoms with Gasteiger partial charge < -0.3 is 10.0 Å². The Hall–Kier alpha value is -2.36. The summed E-state index contributed by atoms with van der Waals surface area (Å²) in [6.07, 6.45) is 7.80. The SMILES string of the molecule is C/C(c1ccccc1)=c1/cccc/c1=C(\B(O)O)C1=CC=CCC1. The monoisotopic (exact) mass is 316 g/mol. The van der Waals surface area contributed by atoms with E-state index in [1.807, 2.05) is 54.6 Å². The smallest absolute Gasteiger partial charge is 0.423 e. The van der Waals surface area contributed by atoms with Crippen LogP contribution in [0.25, 0.3) is 11.0 Å². The lowest BCUT2D eigenvalue weighted by Gasteiger charge is -2.14. The molecule has 2 aromatic rings. The molecule has 0 radical (unpaired) electrons. The van der Waals surface area contributed by atoms with Crippen LogP contribution in [-0.4, -0.2) is 17.2 Å². The van der Waals surface area contributed by atoms with E-state index in [9.17, 15) is 10.0 Å². The highest BCUT2D eigenvalue weighted by Gasteiger charge is 2.20. The van der Waals surface area contributed by atoms with Crippen LogP contribution in [-0.2, 0) is 0 Å². The third-order valence-corrected chi connectivity index (χ3v) is 4.45. The van der Waals surface area contributed by atoms with Crippen LogP contribution in [0.1, 0.15) is 25.3 Å². The highest BCUT2D eigenvalue weighted by atomic mass is 16.4. The van der Waals surface area contributed by atoms with Gasteiger partial charge in [-0.3, -0.25) is 0 Å². The van der Waals surface area contributed by atoms with Gasteiger partial charge in [0.15, 0.2) is 0 Å². The number of hydrogen-bond donors (Lipinski definition) is 2. The quantitative estimate of drug-likeness (QED) is 0.854. The normalized spacial score (nSPS) is 16.4. The molecule has 3 heteroatoms. The molecule has 0 aromatic heterocycles. The summed E-state index contributed by atoms with van der Waals surface area (Å²) in [4.78, 5) is 0. The fraction of sp³-hybridized carbons (Fsp3) is 0.143. The lowest BCUT2D eigenvalue weighted by Crippen LogP contribution is -2.35. The van der Waals surface area contributed by atoms with Crippen molar-refractivity contribution >= 4 is 18.2 Å². The molecule has 0 saturated carbocycles. The third kappa shape index (κ3) is 3.43.